The van der Waals surface area contributed by atoms with Gasteiger partial charge in [-0.1, -0.05) is 12.1 Å². The Kier molecular flexibility index (Phi) is 4.23. The summed E-state index contributed by atoms with van der Waals surface area (Å²) in [5.41, 5.74) is -0.0137. The van der Waals surface area contributed by atoms with Crippen molar-refractivity contribution in [1.29, 1.82) is 0 Å². The molecule has 0 aliphatic heterocycles. The first-order chi connectivity index (χ1) is 9.90. The summed E-state index contributed by atoms with van der Waals surface area (Å²) in [6.07, 6.45) is -3.88. The van der Waals surface area contributed by atoms with E-state index in [2.05, 4.69) is 10.3 Å². The summed E-state index contributed by atoms with van der Waals surface area (Å²) in [7, 11) is 0. The minimum Gasteiger partial charge on any atom is -0.392 e. The molecule has 0 aliphatic carbocycles. The van der Waals surface area contributed by atoms with Gasteiger partial charge in [0, 0.05) is 11.9 Å². The molecule has 0 fully saturated rings. The Bertz CT molecular complexity index is 639. The number of rotatable bonds is 3. The molecule has 1 heterocycles. The summed E-state index contributed by atoms with van der Waals surface area (Å²) < 4.78 is 37.2. The fourth-order valence-corrected chi connectivity index (χ4v) is 1.64. The number of hydrogen-bond donors (Lipinski definition) is 2. The zero-order chi connectivity index (χ0) is 15.5. The van der Waals surface area contributed by atoms with E-state index in [1.807, 2.05) is 0 Å². The minimum absolute atomic E-state index is 0.127. The summed E-state index contributed by atoms with van der Waals surface area (Å²) >= 11 is 0. The van der Waals surface area contributed by atoms with Crippen LogP contribution in [0.15, 0.2) is 42.6 Å². The van der Waals surface area contributed by atoms with Gasteiger partial charge in [0.05, 0.1) is 12.2 Å². The van der Waals surface area contributed by atoms with Crippen LogP contribution >= 0.6 is 0 Å². The molecule has 0 atom stereocenters. The van der Waals surface area contributed by atoms with Crippen LogP contribution < -0.4 is 5.32 Å². The molecule has 0 radical (unpaired) electrons. The van der Waals surface area contributed by atoms with Gasteiger partial charge in [-0.2, -0.15) is 13.2 Å². The number of carbonyl (C=O) groups is 1. The fourth-order valence-electron chi connectivity index (χ4n) is 1.64. The maximum atomic E-state index is 12.4. The number of amides is 1. The highest BCUT2D eigenvalue weighted by Crippen LogP contribution is 2.28. The van der Waals surface area contributed by atoms with Gasteiger partial charge in [0.15, 0.2) is 0 Å². The molecular formula is C14H11F3N2O2. The lowest BCUT2D eigenvalue weighted by molar-refractivity contribution is -0.137. The summed E-state index contributed by atoms with van der Waals surface area (Å²) in [5.74, 6) is -0.626. The molecule has 4 nitrogen and oxygen atoms in total. The highest BCUT2D eigenvalue weighted by atomic mass is 19.4. The number of aliphatic hydroxyl groups excluding tert-OH is 1. The third-order valence-electron chi connectivity index (χ3n) is 2.69. The van der Waals surface area contributed by atoms with E-state index in [4.69, 9.17) is 5.11 Å². The fraction of sp³-hybridized carbons (Fsp3) is 0.143. The number of anilines is 1. The number of nitrogens with one attached hydrogen (secondary N) is 1. The Morgan fingerprint density at radius 3 is 2.57 bits per heavy atom. The average Bonchev–Trinajstić information content (AvgIpc) is 2.46. The van der Waals surface area contributed by atoms with Crippen LogP contribution in [0.1, 0.15) is 21.6 Å². The van der Waals surface area contributed by atoms with Gasteiger partial charge in [0.2, 0.25) is 0 Å². The Balaban J connectivity index is 2.13. The lowest BCUT2D eigenvalue weighted by Crippen LogP contribution is -2.15. The number of alkyl halides is 3. The molecule has 7 heteroatoms. The summed E-state index contributed by atoms with van der Waals surface area (Å²) in [4.78, 5) is 15.4. The van der Waals surface area contributed by atoms with E-state index in [0.29, 0.717) is 17.4 Å². The van der Waals surface area contributed by atoms with Crippen molar-refractivity contribution in [2.45, 2.75) is 12.8 Å². The van der Waals surface area contributed by atoms with Crippen molar-refractivity contribution in [3.8, 4) is 0 Å². The topological polar surface area (TPSA) is 62.2 Å². The molecule has 1 aromatic heterocycles. The van der Waals surface area contributed by atoms with Crippen LogP contribution in [0, 0.1) is 0 Å². The number of halogens is 3. The smallest absolute Gasteiger partial charge is 0.392 e. The van der Waals surface area contributed by atoms with Crippen LogP contribution in [0.2, 0.25) is 0 Å². The molecule has 2 N–H and O–H groups in total. The number of carbonyl (C=O) groups excluding carboxylic acids is 1. The second-order valence-corrected chi connectivity index (χ2v) is 4.24. The summed E-state index contributed by atoms with van der Waals surface area (Å²) in [6.45, 7) is -0.178. The summed E-state index contributed by atoms with van der Waals surface area (Å²) in [5, 5.41) is 11.5. The van der Waals surface area contributed by atoms with E-state index in [-0.39, 0.29) is 12.3 Å². The van der Waals surface area contributed by atoms with Crippen molar-refractivity contribution in [3.63, 3.8) is 0 Å². The zero-order valence-electron chi connectivity index (χ0n) is 10.7. The van der Waals surface area contributed by atoms with Crippen molar-refractivity contribution in [1.82, 2.24) is 4.98 Å². The molecule has 1 amide bonds. The van der Waals surface area contributed by atoms with Gasteiger partial charge < -0.3 is 10.4 Å². The number of aromatic nitrogens is 1. The van der Waals surface area contributed by atoms with Crippen molar-refractivity contribution < 1.29 is 23.1 Å². The molecule has 0 saturated heterocycles. The van der Waals surface area contributed by atoms with Crippen molar-refractivity contribution in [2.24, 2.45) is 0 Å². The molecule has 0 bridgehead atoms. The zero-order valence-corrected chi connectivity index (χ0v) is 10.7. The van der Waals surface area contributed by atoms with Crippen LogP contribution in [0.5, 0.6) is 0 Å². The predicted octanol–water partition coefficient (Wildman–Crippen LogP) is 2.85. The van der Waals surface area contributed by atoms with E-state index < -0.39 is 17.6 Å². The molecule has 1 aromatic carbocycles. The van der Waals surface area contributed by atoms with Gasteiger partial charge >= 0.3 is 6.18 Å². The Morgan fingerprint density at radius 1 is 1.24 bits per heavy atom. The third-order valence-corrected chi connectivity index (χ3v) is 2.69. The second kappa shape index (κ2) is 5.92. The second-order valence-electron chi connectivity index (χ2n) is 4.24. The van der Waals surface area contributed by atoms with Gasteiger partial charge in [0.25, 0.3) is 5.91 Å². The largest absolute Gasteiger partial charge is 0.417 e. The lowest BCUT2D eigenvalue weighted by Gasteiger charge is -2.08. The maximum absolute atomic E-state index is 12.4. The van der Waals surface area contributed by atoms with Crippen molar-refractivity contribution >= 4 is 11.6 Å². The van der Waals surface area contributed by atoms with Gasteiger partial charge in [-0.25, -0.2) is 0 Å². The van der Waals surface area contributed by atoms with Crippen molar-refractivity contribution in [2.75, 3.05) is 5.32 Å². The third kappa shape index (κ3) is 3.79. The molecular weight excluding hydrogens is 285 g/mol. The van der Waals surface area contributed by atoms with Gasteiger partial charge in [-0.05, 0) is 29.8 Å². The highest BCUT2D eigenvalue weighted by Gasteiger charge is 2.30. The van der Waals surface area contributed by atoms with Gasteiger partial charge in [-0.15, -0.1) is 0 Å². The molecule has 2 aromatic rings. The normalized spacial score (nSPS) is 11.2. The molecule has 2 rings (SSSR count). The maximum Gasteiger partial charge on any atom is 0.417 e. The number of hydrogen-bond acceptors (Lipinski definition) is 3. The first-order valence-electron chi connectivity index (χ1n) is 5.94. The van der Waals surface area contributed by atoms with E-state index in [9.17, 15) is 18.0 Å². The first kappa shape index (κ1) is 15.0. The highest BCUT2D eigenvalue weighted by molar-refractivity contribution is 6.02. The molecule has 0 spiro atoms. The Labute approximate surface area is 118 Å². The molecule has 0 aliphatic rings. The van der Waals surface area contributed by atoms with E-state index in [0.717, 1.165) is 12.1 Å². The molecule has 110 valence electrons. The number of pyridine rings is 1. The molecule has 0 saturated carbocycles. The monoisotopic (exact) mass is 296 g/mol. The number of benzene rings is 1. The van der Waals surface area contributed by atoms with Crippen LogP contribution in [0.25, 0.3) is 0 Å². The molecule has 21 heavy (non-hydrogen) atoms. The summed E-state index contributed by atoms with van der Waals surface area (Å²) in [6, 6.07) is 8.27. The predicted molar refractivity (Wildman–Crippen MR) is 69.6 cm³/mol. The first-order valence-corrected chi connectivity index (χ1v) is 5.94. The van der Waals surface area contributed by atoms with Crippen LogP contribution in [-0.2, 0) is 12.8 Å². The Hall–Kier alpha value is -2.41. The molecule has 0 unspecified atom stereocenters. The number of aliphatic hydroxyl groups is 1. The number of nitrogens with zero attached hydrogens (tertiary/aromatic N) is 1. The SMILES string of the molecule is O=C(Nc1cccc(CO)c1)c1ccc(C(F)(F)F)cn1. The standard InChI is InChI=1S/C14H11F3N2O2/c15-14(16,17)10-4-5-12(18-7-10)13(21)19-11-3-1-2-9(6-11)8-20/h1-7,20H,8H2,(H,19,21). The van der Waals surface area contributed by atoms with Crippen LogP contribution in [0.3, 0.4) is 0 Å². The van der Waals surface area contributed by atoms with E-state index >= 15 is 0 Å². The lowest BCUT2D eigenvalue weighted by atomic mass is 10.2. The van der Waals surface area contributed by atoms with E-state index in [1.54, 1.807) is 24.3 Å². The van der Waals surface area contributed by atoms with Crippen LogP contribution in [0.4, 0.5) is 18.9 Å². The van der Waals surface area contributed by atoms with E-state index in [1.165, 1.54) is 0 Å². The van der Waals surface area contributed by atoms with Gasteiger partial charge in [0.1, 0.15) is 5.69 Å². The van der Waals surface area contributed by atoms with Gasteiger partial charge in [-0.3, -0.25) is 9.78 Å². The average molecular weight is 296 g/mol. The van der Waals surface area contributed by atoms with Crippen LogP contribution in [-0.4, -0.2) is 16.0 Å². The minimum atomic E-state index is -4.49. The Morgan fingerprint density at radius 2 is 2.00 bits per heavy atom. The quantitative estimate of drug-likeness (QED) is 0.915. The van der Waals surface area contributed by atoms with Crippen molar-refractivity contribution in [3.05, 3.63) is 59.4 Å².